The van der Waals surface area contributed by atoms with E-state index in [2.05, 4.69) is 10.6 Å². The summed E-state index contributed by atoms with van der Waals surface area (Å²) < 4.78 is 5.21. The van der Waals surface area contributed by atoms with Crippen molar-refractivity contribution in [3.8, 4) is 0 Å². The molecule has 80 valence electrons. The maximum absolute atomic E-state index is 11.5. The molecule has 1 aliphatic heterocycles. The minimum atomic E-state index is -0.406. The first kappa shape index (κ1) is 9.77. The molecule has 1 aliphatic carbocycles. The number of carbonyl (C=O) groups excluding carboxylic acids is 1. The summed E-state index contributed by atoms with van der Waals surface area (Å²) in [6.45, 7) is 7.54. The quantitative estimate of drug-likeness (QED) is 0.657. The third-order valence-corrected chi connectivity index (χ3v) is 2.81. The van der Waals surface area contributed by atoms with Gasteiger partial charge in [0.25, 0.3) is 0 Å². The normalized spacial score (nSPS) is 34.9. The van der Waals surface area contributed by atoms with Crippen molar-refractivity contribution in [3.05, 3.63) is 0 Å². The lowest BCUT2D eigenvalue weighted by atomic mass is 10.2. The highest BCUT2D eigenvalue weighted by molar-refractivity contribution is 5.70. The number of amides is 1. The third-order valence-electron chi connectivity index (χ3n) is 2.81. The monoisotopic (exact) mass is 198 g/mol. The van der Waals surface area contributed by atoms with Crippen molar-refractivity contribution < 1.29 is 9.53 Å². The van der Waals surface area contributed by atoms with E-state index in [1.807, 2.05) is 20.8 Å². The first-order valence-electron chi connectivity index (χ1n) is 5.13. The van der Waals surface area contributed by atoms with Crippen LogP contribution in [0.4, 0.5) is 4.79 Å². The number of fused-ring (bicyclic) bond motifs is 1. The van der Waals surface area contributed by atoms with Gasteiger partial charge in [0.1, 0.15) is 5.60 Å². The maximum atomic E-state index is 11.5. The molecule has 1 heterocycles. The lowest BCUT2D eigenvalue weighted by molar-refractivity contribution is 0.0497. The van der Waals surface area contributed by atoms with Crippen molar-refractivity contribution in [1.82, 2.24) is 10.6 Å². The van der Waals surface area contributed by atoms with Gasteiger partial charge in [0, 0.05) is 13.1 Å². The molecule has 1 saturated carbocycles. The maximum Gasteiger partial charge on any atom is 0.408 e. The zero-order valence-electron chi connectivity index (χ0n) is 9.02. The first-order valence-corrected chi connectivity index (χ1v) is 5.13. The van der Waals surface area contributed by atoms with Crippen LogP contribution in [0.1, 0.15) is 27.2 Å². The van der Waals surface area contributed by atoms with E-state index in [0.717, 1.165) is 19.5 Å². The Kier molecular flexibility index (Phi) is 2.00. The molecule has 1 amide bonds. The number of hydrogen-bond donors (Lipinski definition) is 2. The number of carbonyl (C=O) groups is 1. The second-order valence-electron chi connectivity index (χ2n) is 5.31. The highest BCUT2D eigenvalue weighted by atomic mass is 16.6. The SMILES string of the molecule is CC(C)(C)OC(=O)N[C@]12CNCC1C2. The highest BCUT2D eigenvalue weighted by Crippen LogP contribution is 2.46. The van der Waals surface area contributed by atoms with Crippen molar-refractivity contribution in [3.63, 3.8) is 0 Å². The number of hydrogen-bond acceptors (Lipinski definition) is 3. The average Bonchev–Trinajstić information content (AvgIpc) is 2.48. The van der Waals surface area contributed by atoms with Gasteiger partial charge in [-0.05, 0) is 33.1 Å². The van der Waals surface area contributed by atoms with Crippen LogP contribution >= 0.6 is 0 Å². The van der Waals surface area contributed by atoms with Crippen molar-refractivity contribution >= 4 is 6.09 Å². The van der Waals surface area contributed by atoms with Crippen LogP contribution in [0.2, 0.25) is 0 Å². The first-order chi connectivity index (χ1) is 6.41. The average molecular weight is 198 g/mol. The Morgan fingerprint density at radius 3 is 2.71 bits per heavy atom. The standard InChI is InChI=1S/C10H18N2O2/c1-9(2,3)14-8(13)12-10-4-7(10)5-11-6-10/h7,11H,4-6H2,1-3H3,(H,12,13)/t7?,10-/m1/s1. The predicted molar refractivity (Wildman–Crippen MR) is 53.1 cm³/mol. The van der Waals surface area contributed by atoms with Gasteiger partial charge >= 0.3 is 6.09 Å². The second kappa shape index (κ2) is 2.86. The Labute approximate surface area is 84.4 Å². The molecule has 1 saturated heterocycles. The molecule has 14 heavy (non-hydrogen) atoms. The molecule has 4 nitrogen and oxygen atoms in total. The highest BCUT2D eigenvalue weighted by Gasteiger charge is 2.58. The van der Waals surface area contributed by atoms with Gasteiger partial charge in [0.15, 0.2) is 0 Å². The number of piperidine rings is 1. The molecule has 2 aliphatic rings. The van der Waals surface area contributed by atoms with E-state index in [1.165, 1.54) is 0 Å². The second-order valence-corrected chi connectivity index (χ2v) is 5.31. The zero-order valence-corrected chi connectivity index (χ0v) is 9.02. The molecule has 0 bridgehead atoms. The van der Waals surface area contributed by atoms with Gasteiger partial charge in [0.2, 0.25) is 0 Å². The topological polar surface area (TPSA) is 50.4 Å². The van der Waals surface area contributed by atoms with E-state index in [0.29, 0.717) is 5.92 Å². The summed E-state index contributed by atoms with van der Waals surface area (Å²) in [5, 5.41) is 6.22. The molecule has 0 spiro atoms. The predicted octanol–water partition coefficient (Wildman–Crippen LogP) is 0.873. The summed E-state index contributed by atoms with van der Waals surface area (Å²) in [4.78, 5) is 11.5. The summed E-state index contributed by atoms with van der Waals surface area (Å²) in [5.41, 5.74) is -0.389. The van der Waals surface area contributed by atoms with E-state index in [-0.39, 0.29) is 11.6 Å². The van der Waals surface area contributed by atoms with Gasteiger partial charge in [-0.2, -0.15) is 0 Å². The minimum Gasteiger partial charge on any atom is -0.444 e. The summed E-state index contributed by atoms with van der Waals surface area (Å²) in [6, 6.07) is 0. The number of ether oxygens (including phenoxy) is 1. The van der Waals surface area contributed by atoms with Crippen LogP contribution in [-0.2, 0) is 4.74 Å². The lowest BCUT2D eigenvalue weighted by Gasteiger charge is -2.22. The van der Waals surface area contributed by atoms with Crippen molar-refractivity contribution in [2.24, 2.45) is 5.92 Å². The Morgan fingerprint density at radius 1 is 1.57 bits per heavy atom. The van der Waals surface area contributed by atoms with Crippen LogP contribution in [0.3, 0.4) is 0 Å². The fourth-order valence-electron chi connectivity index (χ4n) is 2.04. The third kappa shape index (κ3) is 1.85. The molecular formula is C10H18N2O2. The smallest absolute Gasteiger partial charge is 0.408 e. The van der Waals surface area contributed by atoms with Crippen LogP contribution in [0.5, 0.6) is 0 Å². The van der Waals surface area contributed by atoms with E-state index in [1.54, 1.807) is 0 Å². The molecule has 0 aromatic heterocycles. The van der Waals surface area contributed by atoms with Crippen molar-refractivity contribution in [1.29, 1.82) is 0 Å². The van der Waals surface area contributed by atoms with Crippen molar-refractivity contribution in [2.75, 3.05) is 13.1 Å². The Balaban J connectivity index is 1.84. The molecule has 0 aromatic rings. The van der Waals surface area contributed by atoms with Gasteiger partial charge in [-0.1, -0.05) is 0 Å². The Bertz CT molecular complexity index is 259. The van der Waals surface area contributed by atoms with Crippen LogP contribution in [0, 0.1) is 5.92 Å². The number of alkyl carbamates (subject to hydrolysis) is 1. The Morgan fingerprint density at radius 2 is 2.29 bits per heavy atom. The van der Waals surface area contributed by atoms with Gasteiger partial charge in [-0.25, -0.2) is 4.79 Å². The molecule has 2 N–H and O–H groups in total. The molecule has 4 heteroatoms. The Hall–Kier alpha value is -0.770. The van der Waals surface area contributed by atoms with Crippen LogP contribution in [0.25, 0.3) is 0 Å². The largest absolute Gasteiger partial charge is 0.444 e. The van der Waals surface area contributed by atoms with E-state index in [4.69, 9.17) is 4.74 Å². The molecule has 2 rings (SSSR count). The molecular weight excluding hydrogens is 180 g/mol. The van der Waals surface area contributed by atoms with Crippen molar-refractivity contribution in [2.45, 2.75) is 38.3 Å². The summed E-state index contributed by atoms with van der Waals surface area (Å²) >= 11 is 0. The number of nitrogens with one attached hydrogen (secondary N) is 2. The molecule has 2 atom stereocenters. The lowest BCUT2D eigenvalue weighted by Crippen LogP contribution is -2.43. The molecule has 1 unspecified atom stereocenters. The molecule has 0 aromatic carbocycles. The zero-order chi connectivity index (χ0) is 10.4. The van der Waals surface area contributed by atoms with Crippen LogP contribution < -0.4 is 10.6 Å². The van der Waals surface area contributed by atoms with E-state index < -0.39 is 5.60 Å². The van der Waals surface area contributed by atoms with Gasteiger partial charge in [-0.15, -0.1) is 0 Å². The fraction of sp³-hybridized carbons (Fsp3) is 0.900. The number of rotatable bonds is 1. The van der Waals surface area contributed by atoms with Gasteiger partial charge in [-0.3, -0.25) is 0 Å². The minimum absolute atomic E-state index is 0.0162. The molecule has 0 radical (unpaired) electrons. The summed E-state index contributed by atoms with van der Waals surface area (Å²) in [6.07, 6.45) is 0.808. The summed E-state index contributed by atoms with van der Waals surface area (Å²) in [5.74, 6) is 0.620. The van der Waals surface area contributed by atoms with Gasteiger partial charge in [0.05, 0.1) is 5.54 Å². The van der Waals surface area contributed by atoms with Gasteiger partial charge < -0.3 is 15.4 Å². The molecule has 2 fully saturated rings. The van der Waals surface area contributed by atoms with E-state index in [9.17, 15) is 4.79 Å². The van der Waals surface area contributed by atoms with Crippen LogP contribution in [0.15, 0.2) is 0 Å². The van der Waals surface area contributed by atoms with E-state index >= 15 is 0 Å². The fourth-order valence-corrected chi connectivity index (χ4v) is 2.04. The summed E-state index contributed by atoms with van der Waals surface area (Å²) in [7, 11) is 0. The van der Waals surface area contributed by atoms with Crippen LogP contribution in [-0.4, -0.2) is 30.3 Å².